The van der Waals surface area contributed by atoms with Crippen LogP contribution in [0.15, 0.2) is 18.5 Å². The summed E-state index contributed by atoms with van der Waals surface area (Å²) < 4.78 is 1.59. The Balaban J connectivity index is 1.86. The van der Waals surface area contributed by atoms with E-state index in [1.54, 1.807) is 17.1 Å². The molecule has 1 atom stereocenters. The first-order valence-electron chi connectivity index (χ1n) is 7.18. The van der Waals surface area contributed by atoms with Gasteiger partial charge < -0.3 is 10.6 Å². The molecule has 0 bridgehead atoms. The molecule has 0 radical (unpaired) electrons. The Morgan fingerprint density at radius 1 is 1.24 bits per heavy atom. The largest absolute Gasteiger partial charge is 0.368 e. The van der Waals surface area contributed by atoms with Gasteiger partial charge in [-0.3, -0.25) is 4.90 Å². The van der Waals surface area contributed by atoms with E-state index >= 15 is 0 Å². The highest BCUT2D eigenvalue weighted by Gasteiger charge is 2.24. The highest BCUT2D eigenvalue weighted by atomic mass is 15.4. The maximum Gasteiger partial charge on any atom is 0.257 e. The lowest BCUT2D eigenvalue weighted by Gasteiger charge is -2.39. The molecule has 2 aromatic heterocycles. The molecule has 1 saturated heterocycles. The topological polar surface area (TPSA) is 89.0 Å². The van der Waals surface area contributed by atoms with Crippen LogP contribution in [0.25, 0.3) is 5.95 Å². The van der Waals surface area contributed by atoms with E-state index in [4.69, 9.17) is 5.73 Å². The van der Waals surface area contributed by atoms with Gasteiger partial charge in [-0.25, -0.2) is 4.68 Å². The first kappa shape index (κ1) is 13.7. The van der Waals surface area contributed by atoms with Gasteiger partial charge in [-0.2, -0.15) is 20.1 Å². The Morgan fingerprint density at radius 2 is 2.05 bits per heavy atom. The zero-order valence-corrected chi connectivity index (χ0v) is 12.3. The maximum absolute atomic E-state index is 5.82. The molecule has 1 aliphatic heterocycles. The molecule has 21 heavy (non-hydrogen) atoms. The van der Waals surface area contributed by atoms with Crippen molar-refractivity contribution in [3.63, 3.8) is 0 Å². The van der Waals surface area contributed by atoms with Crippen LogP contribution < -0.4 is 10.6 Å². The van der Waals surface area contributed by atoms with E-state index < -0.39 is 0 Å². The smallest absolute Gasteiger partial charge is 0.257 e. The summed E-state index contributed by atoms with van der Waals surface area (Å²) in [5.74, 6) is 1.29. The van der Waals surface area contributed by atoms with Crippen LogP contribution in [0.3, 0.4) is 0 Å². The van der Waals surface area contributed by atoms with Crippen molar-refractivity contribution in [1.29, 1.82) is 0 Å². The second-order valence-corrected chi connectivity index (χ2v) is 5.17. The fraction of sp³-hybridized carbons (Fsp3) is 0.538. The van der Waals surface area contributed by atoms with Crippen molar-refractivity contribution < 1.29 is 0 Å². The molecular formula is C13H20N8. The summed E-state index contributed by atoms with van der Waals surface area (Å²) in [6, 6.07) is 2.29. The van der Waals surface area contributed by atoms with Crippen molar-refractivity contribution in [1.82, 2.24) is 29.6 Å². The summed E-state index contributed by atoms with van der Waals surface area (Å²) in [5, 5.41) is 4.14. The summed E-state index contributed by atoms with van der Waals surface area (Å²) in [4.78, 5) is 17.5. The average Bonchev–Trinajstić information content (AvgIpc) is 3.01. The summed E-state index contributed by atoms with van der Waals surface area (Å²) in [6.07, 6.45) is 3.47. The third-order valence-electron chi connectivity index (χ3n) is 3.79. The van der Waals surface area contributed by atoms with E-state index in [0.717, 1.165) is 26.2 Å². The molecule has 1 fully saturated rings. The van der Waals surface area contributed by atoms with Crippen LogP contribution in [-0.4, -0.2) is 61.9 Å². The number of hydrogen-bond donors (Lipinski definition) is 1. The van der Waals surface area contributed by atoms with Crippen LogP contribution in [-0.2, 0) is 0 Å². The minimum absolute atomic E-state index is 0.219. The average molecular weight is 288 g/mol. The fourth-order valence-electron chi connectivity index (χ4n) is 2.65. The summed E-state index contributed by atoms with van der Waals surface area (Å²) in [6.45, 7) is 8.24. The molecular weight excluding hydrogens is 268 g/mol. The van der Waals surface area contributed by atoms with Gasteiger partial charge in [-0.1, -0.05) is 6.92 Å². The van der Waals surface area contributed by atoms with Crippen LogP contribution in [0.1, 0.15) is 13.8 Å². The zero-order valence-electron chi connectivity index (χ0n) is 12.3. The van der Waals surface area contributed by atoms with Crippen molar-refractivity contribution in [2.24, 2.45) is 0 Å². The van der Waals surface area contributed by atoms with E-state index in [1.165, 1.54) is 0 Å². The summed E-state index contributed by atoms with van der Waals surface area (Å²) in [5.41, 5.74) is 5.82. The third-order valence-corrected chi connectivity index (χ3v) is 3.79. The molecule has 1 aliphatic rings. The van der Waals surface area contributed by atoms with Gasteiger partial charge in [0.1, 0.15) is 0 Å². The lowest BCUT2D eigenvalue weighted by Crippen LogP contribution is -2.52. The highest BCUT2D eigenvalue weighted by Crippen LogP contribution is 2.16. The number of nitrogens with two attached hydrogens (primary N) is 1. The summed E-state index contributed by atoms with van der Waals surface area (Å²) >= 11 is 0. The predicted octanol–water partition coefficient (Wildman–Crippen LogP) is 0.170. The number of hydrogen-bond acceptors (Lipinski definition) is 7. The lowest BCUT2D eigenvalue weighted by atomic mass is 10.2. The second-order valence-electron chi connectivity index (χ2n) is 5.17. The Hall–Kier alpha value is -2.22. The standard InChI is InChI=1S/C13H20N8/c1-3-19-7-8-20(9-10(19)2)12-16-11(14)17-13(18-12)21-6-4-5-15-21/h4-6,10H,3,7-9H2,1-2H3,(H2,14,16,17,18). The van der Waals surface area contributed by atoms with E-state index in [9.17, 15) is 0 Å². The van der Waals surface area contributed by atoms with Gasteiger partial charge in [-0.05, 0) is 19.5 Å². The minimum atomic E-state index is 0.219. The molecule has 3 heterocycles. The Bertz CT molecular complexity index is 596. The molecule has 0 saturated carbocycles. The van der Waals surface area contributed by atoms with E-state index in [-0.39, 0.29) is 5.95 Å². The van der Waals surface area contributed by atoms with Crippen LogP contribution >= 0.6 is 0 Å². The third kappa shape index (κ3) is 2.80. The molecule has 0 amide bonds. The number of piperazine rings is 1. The van der Waals surface area contributed by atoms with Crippen molar-refractivity contribution in [2.45, 2.75) is 19.9 Å². The first-order chi connectivity index (χ1) is 10.2. The molecule has 2 aromatic rings. The number of likely N-dealkylation sites (N-methyl/N-ethyl adjacent to an activating group) is 1. The quantitative estimate of drug-likeness (QED) is 0.861. The second kappa shape index (κ2) is 5.65. The molecule has 3 rings (SSSR count). The maximum atomic E-state index is 5.82. The monoisotopic (exact) mass is 288 g/mol. The number of anilines is 2. The molecule has 0 spiro atoms. The van der Waals surface area contributed by atoms with E-state index in [2.05, 4.69) is 43.7 Å². The van der Waals surface area contributed by atoms with Crippen LogP contribution in [0.5, 0.6) is 0 Å². The minimum Gasteiger partial charge on any atom is -0.368 e. The lowest BCUT2D eigenvalue weighted by molar-refractivity contribution is 0.198. The molecule has 8 heteroatoms. The SMILES string of the molecule is CCN1CCN(c2nc(N)nc(-n3cccn3)n2)CC1C. The molecule has 112 valence electrons. The van der Waals surface area contributed by atoms with E-state index in [1.807, 2.05) is 6.07 Å². The fourth-order valence-corrected chi connectivity index (χ4v) is 2.65. The number of nitrogen functional groups attached to an aromatic ring is 1. The molecule has 8 nitrogen and oxygen atoms in total. The van der Waals surface area contributed by atoms with Gasteiger partial charge in [0.05, 0.1) is 0 Å². The normalized spacial score (nSPS) is 19.9. The molecule has 2 N–H and O–H groups in total. The van der Waals surface area contributed by atoms with Crippen molar-refractivity contribution in [3.8, 4) is 5.95 Å². The van der Waals surface area contributed by atoms with Crippen molar-refractivity contribution >= 4 is 11.9 Å². The van der Waals surface area contributed by atoms with Gasteiger partial charge in [0.2, 0.25) is 11.9 Å². The summed E-state index contributed by atoms with van der Waals surface area (Å²) in [7, 11) is 0. The first-order valence-corrected chi connectivity index (χ1v) is 7.18. The van der Waals surface area contributed by atoms with Gasteiger partial charge in [0, 0.05) is 38.1 Å². The van der Waals surface area contributed by atoms with E-state index in [0.29, 0.717) is 17.9 Å². The van der Waals surface area contributed by atoms with Crippen LogP contribution in [0.4, 0.5) is 11.9 Å². The molecule has 0 aliphatic carbocycles. The van der Waals surface area contributed by atoms with Gasteiger partial charge in [0.25, 0.3) is 5.95 Å². The van der Waals surface area contributed by atoms with Gasteiger partial charge in [-0.15, -0.1) is 0 Å². The predicted molar refractivity (Wildman–Crippen MR) is 80.3 cm³/mol. The molecule has 1 unspecified atom stereocenters. The van der Waals surface area contributed by atoms with Gasteiger partial charge >= 0.3 is 0 Å². The van der Waals surface area contributed by atoms with Crippen molar-refractivity contribution in [3.05, 3.63) is 18.5 Å². The van der Waals surface area contributed by atoms with Crippen molar-refractivity contribution in [2.75, 3.05) is 36.8 Å². The highest BCUT2D eigenvalue weighted by molar-refractivity contribution is 5.38. The van der Waals surface area contributed by atoms with Crippen LogP contribution in [0, 0.1) is 0 Å². The van der Waals surface area contributed by atoms with Crippen LogP contribution in [0.2, 0.25) is 0 Å². The Kier molecular flexibility index (Phi) is 3.70. The Morgan fingerprint density at radius 3 is 2.71 bits per heavy atom. The number of aromatic nitrogens is 5. The number of nitrogens with zero attached hydrogens (tertiary/aromatic N) is 7. The zero-order chi connectivity index (χ0) is 14.8. The van der Waals surface area contributed by atoms with Gasteiger partial charge in [0.15, 0.2) is 0 Å². The molecule has 0 aromatic carbocycles. The Labute approximate surface area is 123 Å². The number of rotatable bonds is 3.